The molecule has 3 aliphatic rings. The molecule has 3 aliphatic heterocycles. The Balaban J connectivity index is 1.32. The minimum Gasteiger partial charge on any atom is -0.374 e. The summed E-state index contributed by atoms with van der Waals surface area (Å²) in [7, 11) is 0. The average molecular weight is 321 g/mol. The zero-order valence-corrected chi connectivity index (χ0v) is 14.1. The van der Waals surface area contributed by atoms with Gasteiger partial charge in [-0.25, -0.2) is 0 Å². The molecule has 5 heteroatoms. The fourth-order valence-electron chi connectivity index (χ4n) is 4.14. The third-order valence-corrected chi connectivity index (χ3v) is 6.21. The van der Waals surface area contributed by atoms with Crippen molar-refractivity contribution in [3.63, 3.8) is 0 Å². The smallest absolute Gasteiger partial charge is 0.0870 e. The predicted molar refractivity (Wildman–Crippen MR) is 90.4 cm³/mol. The maximum Gasteiger partial charge on any atom is 0.0870 e. The second-order valence-electron chi connectivity index (χ2n) is 6.83. The van der Waals surface area contributed by atoms with Gasteiger partial charge in [0, 0.05) is 50.2 Å². The maximum absolute atomic E-state index is 6.06. The maximum atomic E-state index is 6.06. The van der Waals surface area contributed by atoms with Gasteiger partial charge in [0.15, 0.2) is 0 Å². The molecule has 4 nitrogen and oxygen atoms in total. The largest absolute Gasteiger partial charge is 0.374 e. The molecule has 0 spiro atoms. The minimum atomic E-state index is 0.423. The van der Waals surface area contributed by atoms with Crippen LogP contribution in [0.15, 0.2) is 17.5 Å². The first-order valence-electron chi connectivity index (χ1n) is 8.71. The van der Waals surface area contributed by atoms with Gasteiger partial charge in [-0.15, -0.1) is 11.3 Å². The van der Waals surface area contributed by atoms with Crippen LogP contribution >= 0.6 is 11.3 Å². The van der Waals surface area contributed by atoms with E-state index < -0.39 is 0 Å². The van der Waals surface area contributed by atoms with Crippen molar-refractivity contribution in [2.24, 2.45) is 0 Å². The molecule has 0 saturated carbocycles. The van der Waals surface area contributed by atoms with E-state index in [1.807, 2.05) is 11.3 Å². The van der Waals surface area contributed by atoms with Crippen molar-refractivity contribution >= 4 is 11.3 Å². The second-order valence-corrected chi connectivity index (χ2v) is 7.87. The summed E-state index contributed by atoms with van der Waals surface area (Å²) < 4.78 is 6.06. The molecule has 0 N–H and O–H groups in total. The van der Waals surface area contributed by atoms with Crippen molar-refractivity contribution in [1.82, 2.24) is 14.7 Å². The first kappa shape index (κ1) is 15.1. The molecule has 2 atom stereocenters. The molecular formula is C17H27N3OS. The lowest BCUT2D eigenvalue weighted by molar-refractivity contribution is -0.0488. The van der Waals surface area contributed by atoms with E-state index in [0.717, 1.165) is 26.2 Å². The quantitative estimate of drug-likeness (QED) is 0.822. The lowest BCUT2D eigenvalue weighted by Gasteiger charge is -2.37. The highest BCUT2D eigenvalue weighted by molar-refractivity contribution is 7.09. The Morgan fingerprint density at radius 2 is 2.00 bits per heavy atom. The van der Waals surface area contributed by atoms with E-state index in [9.17, 15) is 0 Å². The molecule has 1 aromatic heterocycles. The van der Waals surface area contributed by atoms with Gasteiger partial charge < -0.3 is 9.64 Å². The third-order valence-electron chi connectivity index (χ3n) is 5.35. The Hall–Kier alpha value is -0.460. The van der Waals surface area contributed by atoms with Crippen molar-refractivity contribution in [2.75, 3.05) is 52.4 Å². The van der Waals surface area contributed by atoms with Crippen LogP contribution in [0, 0.1) is 0 Å². The Morgan fingerprint density at radius 3 is 2.82 bits per heavy atom. The number of hydrogen-bond acceptors (Lipinski definition) is 5. The van der Waals surface area contributed by atoms with Crippen LogP contribution in [0.2, 0.25) is 0 Å². The van der Waals surface area contributed by atoms with Crippen LogP contribution in [0.25, 0.3) is 0 Å². The lowest BCUT2D eigenvalue weighted by Crippen LogP contribution is -2.52. The van der Waals surface area contributed by atoms with Crippen LogP contribution in [0.4, 0.5) is 0 Å². The summed E-state index contributed by atoms with van der Waals surface area (Å²) in [6.07, 6.45) is 3.21. The number of nitrogens with zero attached hydrogens (tertiary/aromatic N) is 3. The second kappa shape index (κ2) is 6.97. The van der Waals surface area contributed by atoms with Gasteiger partial charge in [0.05, 0.1) is 12.7 Å². The zero-order chi connectivity index (χ0) is 14.8. The first-order valence-corrected chi connectivity index (χ1v) is 9.59. The lowest BCUT2D eigenvalue weighted by atomic mass is 10.1. The Bertz CT molecular complexity index is 460. The van der Waals surface area contributed by atoms with Gasteiger partial charge in [0.1, 0.15) is 0 Å². The highest BCUT2D eigenvalue weighted by Crippen LogP contribution is 2.25. The summed E-state index contributed by atoms with van der Waals surface area (Å²) in [5.41, 5.74) is 0. The topological polar surface area (TPSA) is 19.0 Å². The summed E-state index contributed by atoms with van der Waals surface area (Å²) in [5, 5.41) is 2.18. The molecule has 0 bridgehead atoms. The number of thiophene rings is 1. The highest BCUT2D eigenvalue weighted by atomic mass is 32.1. The van der Waals surface area contributed by atoms with Gasteiger partial charge in [0.25, 0.3) is 0 Å². The number of fused-ring (bicyclic) bond motifs is 1. The minimum absolute atomic E-state index is 0.423. The molecule has 0 radical (unpaired) electrons. The summed E-state index contributed by atoms with van der Waals surface area (Å²) in [6, 6.07) is 5.01. The summed E-state index contributed by atoms with van der Waals surface area (Å²) in [6.45, 7) is 10.5. The molecule has 22 heavy (non-hydrogen) atoms. The molecule has 0 amide bonds. The van der Waals surface area contributed by atoms with E-state index in [0.29, 0.717) is 12.1 Å². The van der Waals surface area contributed by atoms with Crippen LogP contribution < -0.4 is 0 Å². The Kier molecular flexibility index (Phi) is 4.78. The number of hydrogen-bond donors (Lipinski definition) is 0. The van der Waals surface area contributed by atoms with Crippen molar-refractivity contribution in [1.29, 1.82) is 0 Å². The molecule has 122 valence electrons. The molecule has 0 unspecified atom stereocenters. The number of likely N-dealkylation sites (tertiary alicyclic amines) is 2. The summed E-state index contributed by atoms with van der Waals surface area (Å²) in [5.74, 6) is 0. The van der Waals surface area contributed by atoms with E-state index in [-0.39, 0.29) is 0 Å². The average Bonchev–Trinajstić information content (AvgIpc) is 3.26. The van der Waals surface area contributed by atoms with Gasteiger partial charge in [-0.05, 0) is 37.4 Å². The monoisotopic (exact) mass is 321 g/mol. The SMILES string of the molecule is c1csc(CN2C[C@@H]3OCCN(CCN4CCCC4)[C@@H]3C2)c1. The van der Waals surface area contributed by atoms with Crippen LogP contribution in [0.5, 0.6) is 0 Å². The molecule has 3 fully saturated rings. The molecule has 3 saturated heterocycles. The summed E-state index contributed by atoms with van der Waals surface area (Å²) >= 11 is 1.87. The zero-order valence-electron chi connectivity index (χ0n) is 13.3. The Morgan fingerprint density at radius 1 is 1.09 bits per heavy atom. The van der Waals surface area contributed by atoms with E-state index in [4.69, 9.17) is 4.74 Å². The van der Waals surface area contributed by atoms with E-state index in [1.165, 1.54) is 50.4 Å². The number of ether oxygens (including phenoxy) is 1. The van der Waals surface area contributed by atoms with Crippen molar-refractivity contribution in [3.05, 3.63) is 22.4 Å². The van der Waals surface area contributed by atoms with Gasteiger partial charge in [0.2, 0.25) is 0 Å². The van der Waals surface area contributed by atoms with Gasteiger partial charge in [-0.2, -0.15) is 0 Å². The van der Waals surface area contributed by atoms with Crippen molar-refractivity contribution in [2.45, 2.75) is 31.5 Å². The standard InChI is InChI=1S/C17H27N3OS/c1-2-6-18(5-1)7-8-20-9-10-21-17-14-19(13-16(17)20)12-15-4-3-11-22-15/h3-4,11,16-17H,1-2,5-10,12-14H2/t16-,17+/m1/s1. The van der Waals surface area contributed by atoms with Crippen molar-refractivity contribution in [3.8, 4) is 0 Å². The number of morpholine rings is 1. The molecule has 4 heterocycles. The normalized spacial score (nSPS) is 30.9. The van der Waals surface area contributed by atoms with E-state index in [2.05, 4.69) is 32.2 Å². The molecule has 0 aromatic carbocycles. The van der Waals surface area contributed by atoms with Crippen LogP contribution in [-0.2, 0) is 11.3 Å². The molecular weight excluding hydrogens is 294 g/mol. The van der Waals surface area contributed by atoms with Gasteiger partial charge in [-0.3, -0.25) is 9.80 Å². The molecule has 0 aliphatic carbocycles. The highest BCUT2D eigenvalue weighted by Gasteiger charge is 2.39. The fraction of sp³-hybridized carbons (Fsp3) is 0.765. The predicted octanol–water partition coefficient (Wildman–Crippen LogP) is 1.73. The van der Waals surface area contributed by atoms with Gasteiger partial charge in [-0.1, -0.05) is 6.07 Å². The number of rotatable bonds is 5. The van der Waals surface area contributed by atoms with Gasteiger partial charge >= 0.3 is 0 Å². The van der Waals surface area contributed by atoms with E-state index >= 15 is 0 Å². The van der Waals surface area contributed by atoms with Crippen molar-refractivity contribution < 1.29 is 4.74 Å². The Labute approximate surface area is 137 Å². The molecule has 4 rings (SSSR count). The van der Waals surface area contributed by atoms with Crippen LogP contribution in [-0.4, -0.2) is 79.3 Å². The summed E-state index contributed by atoms with van der Waals surface area (Å²) in [4.78, 5) is 9.38. The van der Waals surface area contributed by atoms with Crippen LogP contribution in [0.3, 0.4) is 0 Å². The molecule has 1 aromatic rings. The first-order chi connectivity index (χ1) is 10.9. The van der Waals surface area contributed by atoms with E-state index in [1.54, 1.807) is 0 Å². The third kappa shape index (κ3) is 3.39. The van der Waals surface area contributed by atoms with Crippen LogP contribution in [0.1, 0.15) is 17.7 Å². The fourth-order valence-corrected chi connectivity index (χ4v) is 4.89.